The molecule has 1 aliphatic heterocycles. The smallest absolute Gasteiger partial charge is 0.377 e. The Kier molecular flexibility index (Phi) is 3.78. The summed E-state index contributed by atoms with van der Waals surface area (Å²) in [5.41, 5.74) is 0. The molecule has 0 bridgehead atoms. The predicted molar refractivity (Wildman–Crippen MR) is 53.6 cm³/mol. The molecule has 1 aliphatic rings. The summed E-state index contributed by atoms with van der Waals surface area (Å²) in [6, 6.07) is 0. The number of cyclic esters (lactones) is 1. The topological polar surface area (TPSA) is 96.2 Å². The number of carbonyl (C=O) groups is 1. The Balaban J connectivity index is 2.53. The summed E-state index contributed by atoms with van der Waals surface area (Å²) in [4.78, 5) is 10.8. The van der Waals surface area contributed by atoms with Crippen LogP contribution in [0.4, 0.5) is 0 Å². The van der Waals surface area contributed by atoms with E-state index in [0.717, 1.165) is 0 Å². The molecular weight excluding hydrogens is 216 g/mol. The largest absolute Gasteiger partial charge is 0.505 e. The van der Waals surface area contributed by atoms with Crippen LogP contribution in [0.1, 0.15) is 13.3 Å². The van der Waals surface area contributed by atoms with Crippen LogP contribution < -0.4 is 0 Å². The lowest BCUT2D eigenvalue weighted by atomic mass is 10.2. The third kappa shape index (κ3) is 2.46. The van der Waals surface area contributed by atoms with Crippen molar-refractivity contribution in [3.8, 4) is 0 Å². The third-order valence-electron chi connectivity index (χ3n) is 2.14. The summed E-state index contributed by atoms with van der Waals surface area (Å²) in [6.07, 6.45) is -1.95. The highest BCUT2D eigenvalue weighted by atomic mass is 16.6. The van der Waals surface area contributed by atoms with Gasteiger partial charge in [0.15, 0.2) is 11.9 Å². The molecular formula is C10H14O6. The van der Waals surface area contributed by atoms with Crippen LogP contribution in [0.5, 0.6) is 0 Å². The normalized spacial score (nSPS) is 21.9. The van der Waals surface area contributed by atoms with E-state index in [0.29, 0.717) is 12.2 Å². The van der Waals surface area contributed by atoms with Crippen molar-refractivity contribution < 1.29 is 29.6 Å². The maximum atomic E-state index is 10.8. The van der Waals surface area contributed by atoms with E-state index >= 15 is 0 Å². The van der Waals surface area contributed by atoms with Gasteiger partial charge in [-0.1, -0.05) is 13.5 Å². The quantitative estimate of drug-likeness (QED) is 0.471. The Labute approximate surface area is 92.4 Å². The van der Waals surface area contributed by atoms with E-state index in [2.05, 4.69) is 11.3 Å². The molecule has 6 heteroatoms. The number of aliphatic hydroxyl groups excluding tert-OH is 3. The van der Waals surface area contributed by atoms with Gasteiger partial charge in [-0.2, -0.15) is 0 Å². The van der Waals surface area contributed by atoms with Crippen LogP contribution >= 0.6 is 0 Å². The van der Waals surface area contributed by atoms with Gasteiger partial charge in [0, 0.05) is 6.42 Å². The van der Waals surface area contributed by atoms with Crippen molar-refractivity contribution >= 4 is 5.97 Å². The maximum absolute atomic E-state index is 10.8. The summed E-state index contributed by atoms with van der Waals surface area (Å²) in [6.45, 7) is 5.20. The van der Waals surface area contributed by atoms with Crippen molar-refractivity contribution in [2.75, 3.05) is 6.61 Å². The van der Waals surface area contributed by atoms with Gasteiger partial charge in [0.25, 0.3) is 0 Å². The summed E-state index contributed by atoms with van der Waals surface area (Å²) in [5.74, 6) is -2.14. The summed E-state index contributed by atoms with van der Waals surface area (Å²) < 4.78 is 9.57. The fourth-order valence-corrected chi connectivity index (χ4v) is 1.12. The van der Waals surface area contributed by atoms with Gasteiger partial charge in [-0.05, 0) is 0 Å². The zero-order valence-electron chi connectivity index (χ0n) is 8.84. The van der Waals surface area contributed by atoms with Crippen molar-refractivity contribution in [3.63, 3.8) is 0 Å². The van der Waals surface area contributed by atoms with Gasteiger partial charge in [-0.25, -0.2) is 4.79 Å². The molecule has 1 rings (SSSR count). The molecule has 0 aromatic rings. The maximum Gasteiger partial charge on any atom is 0.377 e. The number of rotatable bonds is 5. The highest BCUT2D eigenvalue weighted by Crippen LogP contribution is 2.21. The average Bonchev–Trinajstić information content (AvgIpc) is 2.53. The molecule has 2 atom stereocenters. The van der Waals surface area contributed by atoms with Gasteiger partial charge in [0.05, 0.1) is 5.76 Å². The van der Waals surface area contributed by atoms with Gasteiger partial charge < -0.3 is 24.8 Å². The van der Waals surface area contributed by atoms with Crippen molar-refractivity contribution in [1.82, 2.24) is 0 Å². The van der Waals surface area contributed by atoms with Crippen LogP contribution in [-0.2, 0) is 14.3 Å². The number of esters is 1. The molecule has 0 aromatic carbocycles. The molecule has 0 fully saturated rings. The van der Waals surface area contributed by atoms with Crippen LogP contribution in [0.25, 0.3) is 0 Å². The molecule has 1 heterocycles. The number of carbonyl (C=O) groups excluding carboxylic acids is 1. The van der Waals surface area contributed by atoms with Gasteiger partial charge in [0.2, 0.25) is 5.76 Å². The van der Waals surface area contributed by atoms with Crippen molar-refractivity contribution in [2.45, 2.75) is 25.6 Å². The number of ether oxygens (including phenoxy) is 2. The lowest BCUT2D eigenvalue weighted by Gasteiger charge is -2.18. The number of allylic oxidation sites excluding steroid dienone is 1. The number of aliphatic hydroxyl groups is 3. The predicted octanol–water partition coefficient (Wildman–Crippen LogP) is 0.541. The van der Waals surface area contributed by atoms with E-state index in [1.54, 1.807) is 0 Å². The molecule has 0 aromatic heterocycles. The van der Waals surface area contributed by atoms with E-state index in [-0.39, 0.29) is 6.61 Å². The van der Waals surface area contributed by atoms with Crippen LogP contribution in [0, 0.1) is 0 Å². The van der Waals surface area contributed by atoms with Gasteiger partial charge in [-0.3, -0.25) is 0 Å². The highest BCUT2D eigenvalue weighted by Gasteiger charge is 2.39. The van der Waals surface area contributed by atoms with E-state index in [1.807, 2.05) is 6.92 Å². The zero-order chi connectivity index (χ0) is 12.3. The first-order chi connectivity index (χ1) is 7.47. The fourth-order valence-electron chi connectivity index (χ4n) is 1.12. The molecule has 0 saturated carbocycles. The average molecular weight is 230 g/mol. The Morgan fingerprint density at radius 2 is 2.25 bits per heavy atom. The Bertz CT molecular complexity index is 332. The standard InChI is InChI=1S/C10H14O6/c1-3-5(2)15-4-6(11)9-7(12)8(13)10(14)16-9/h6,9,11-13H,2-4H2,1H3. The molecule has 0 radical (unpaired) electrons. The van der Waals surface area contributed by atoms with Crippen LogP contribution in [0.2, 0.25) is 0 Å². The Hall–Kier alpha value is -1.69. The summed E-state index contributed by atoms with van der Waals surface area (Å²) >= 11 is 0. The summed E-state index contributed by atoms with van der Waals surface area (Å²) in [7, 11) is 0. The molecule has 3 N–H and O–H groups in total. The molecule has 0 aliphatic carbocycles. The molecule has 0 spiro atoms. The minimum atomic E-state index is -1.28. The van der Waals surface area contributed by atoms with Gasteiger partial charge >= 0.3 is 5.97 Å². The van der Waals surface area contributed by atoms with E-state index < -0.39 is 29.7 Å². The van der Waals surface area contributed by atoms with Crippen LogP contribution in [0.15, 0.2) is 23.9 Å². The summed E-state index contributed by atoms with van der Waals surface area (Å²) in [5, 5.41) is 27.8. The molecule has 0 amide bonds. The minimum Gasteiger partial charge on any atom is -0.505 e. The van der Waals surface area contributed by atoms with Crippen molar-refractivity contribution in [3.05, 3.63) is 23.9 Å². The van der Waals surface area contributed by atoms with Gasteiger partial charge in [0.1, 0.15) is 12.7 Å². The monoisotopic (exact) mass is 230 g/mol. The van der Waals surface area contributed by atoms with E-state index in [4.69, 9.17) is 9.84 Å². The first kappa shape index (κ1) is 12.4. The fraction of sp³-hybridized carbons (Fsp3) is 0.500. The van der Waals surface area contributed by atoms with E-state index in [1.165, 1.54) is 0 Å². The Morgan fingerprint density at radius 1 is 1.62 bits per heavy atom. The second-order valence-corrected chi connectivity index (χ2v) is 3.33. The van der Waals surface area contributed by atoms with E-state index in [9.17, 15) is 15.0 Å². The van der Waals surface area contributed by atoms with Gasteiger partial charge in [-0.15, -0.1) is 0 Å². The SMILES string of the molecule is C=C(CC)OCC(O)C1OC(=O)C(O)=C1O. The Morgan fingerprint density at radius 3 is 2.69 bits per heavy atom. The molecule has 0 saturated heterocycles. The first-order valence-electron chi connectivity index (χ1n) is 4.79. The van der Waals surface area contributed by atoms with Crippen LogP contribution in [-0.4, -0.2) is 40.1 Å². The van der Waals surface area contributed by atoms with Crippen molar-refractivity contribution in [2.24, 2.45) is 0 Å². The zero-order valence-corrected chi connectivity index (χ0v) is 8.84. The first-order valence-corrected chi connectivity index (χ1v) is 4.79. The molecule has 90 valence electrons. The molecule has 2 unspecified atom stereocenters. The molecule has 6 nitrogen and oxygen atoms in total. The highest BCUT2D eigenvalue weighted by molar-refractivity contribution is 5.89. The third-order valence-corrected chi connectivity index (χ3v) is 2.14. The second kappa shape index (κ2) is 4.89. The number of hydrogen-bond donors (Lipinski definition) is 3. The van der Waals surface area contributed by atoms with Crippen LogP contribution in [0.3, 0.4) is 0 Å². The second-order valence-electron chi connectivity index (χ2n) is 3.33. The minimum absolute atomic E-state index is 0.179. The lowest BCUT2D eigenvalue weighted by Crippen LogP contribution is -2.32. The van der Waals surface area contributed by atoms with Crippen molar-refractivity contribution in [1.29, 1.82) is 0 Å². The lowest BCUT2D eigenvalue weighted by molar-refractivity contribution is -0.148. The number of hydrogen-bond acceptors (Lipinski definition) is 6. The molecule has 16 heavy (non-hydrogen) atoms.